The van der Waals surface area contributed by atoms with Crippen LogP contribution >= 0.6 is 24.0 Å². The topological polar surface area (TPSA) is 75.2 Å². The number of carbonyl (C=O) groups excluding carboxylic acids is 1. The van der Waals surface area contributed by atoms with E-state index in [2.05, 4.69) is 33.8 Å². The van der Waals surface area contributed by atoms with Gasteiger partial charge in [-0.25, -0.2) is 0 Å². The summed E-state index contributed by atoms with van der Waals surface area (Å²) in [5.41, 5.74) is 1.97. The van der Waals surface area contributed by atoms with Crippen LogP contribution in [0.4, 0.5) is 0 Å². The normalized spacial score (nSPS) is 15.3. The molecule has 0 atom stereocenters. The van der Waals surface area contributed by atoms with Crippen LogP contribution in [-0.4, -0.2) is 64.3 Å². The van der Waals surface area contributed by atoms with Gasteiger partial charge in [0.1, 0.15) is 0 Å². The van der Waals surface area contributed by atoms with Crippen molar-refractivity contribution in [2.75, 3.05) is 47.5 Å². The van der Waals surface area contributed by atoms with E-state index in [0.717, 1.165) is 36.8 Å². The Bertz CT molecular complexity index is 691. The molecule has 2 rings (SSSR count). The Morgan fingerprint density at radius 1 is 1.13 bits per heavy atom. The monoisotopic (exact) mass is 546 g/mol. The number of hydrogen-bond acceptors (Lipinski definition) is 4. The van der Waals surface area contributed by atoms with Crippen LogP contribution in [-0.2, 0) is 27.4 Å². The van der Waals surface area contributed by atoms with Gasteiger partial charge in [-0.1, -0.05) is 37.1 Å². The molecule has 0 radical (unpaired) electrons. The molecule has 0 aliphatic heterocycles. The van der Waals surface area contributed by atoms with Gasteiger partial charge in [-0.2, -0.15) is 0 Å². The van der Waals surface area contributed by atoms with E-state index >= 15 is 0 Å². The third-order valence-electron chi connectivity index (χ3n) is 5.53. The van der Waals surface area contributed by atoms with E-state index in [-0.39, 0.29) is 35.3 Å². The molecule has 2 N–H and O–H groups in total. The zero-order valence-corrected chi connectivity index (χ0v) is 21.7. The Balaban J connectivity index is 0.00000480. The van der Waals surface area contributed by atoms with Gasteiger partial charge in [0.25, 0.3) is 0 Å². The second-order valence-corrected chi connectivity index (χ2v) is 8.04. The van der Waals surface area contributed by atoms with Gasteiger partial charge in [0.15, 0.2) is 5.96 Å². The molecule has 0 aromatic heterocycles. The van der Waals surface area contributed by atoms with Crippen molar-refractivity contribution < 1.29 is 14.3 Å². The van der Waals surface area contributed by atoms with E-state index in [1.54, 1.807) is 11.9 Å². The van der Waals surface area contributed by atoms with Crippen molar-refractivity contribution in [1.29, 1.82) is 0 Å². The van der Waals surface area contributed by atoms with Crippen molar-refractivity contribution in [3.63, 3.8) is 0 Å². The fourth-order valence-corrected chi connectivity index (χ4v) is 3.93. The summed E-state index contributed by atoms with van der Waals surface area (Å²) >= 11 is 0. The largest absolute Gasteiger partial charge is 0.379 e. The van der Waals surface area contributed by atoms with Crippen LogP contribution < -0.4 is 10.6 Å². The molecule has 1 amide bonds. The average molecular weight is 546 g/mol. The highest BCUT2D eigenvalue weighted by Crippen LogP contribution is 2.38. The zero-order chi connectivity index (χ0) is 21.8. The summed E-state index contributed by atoms with van der Waals surface area (Å²) in [6.07, 6.45) is 4.07. The van der Waals surface area contributed by atoms with Gasteiger partial charge < -0.3 is 25.0 Å². The second kappa shape index (κ2) is 14.6. The lowest BCUT2D eigenvalue weighted by atomic mass is 9.84. The second-order valence-electron chi connectivity index (χ2n) is 8.04. The molecule has 31 heavy (non-hydrogen) atoms. The molecule has 1 aromatic rings. The molecule has 7 nitrogen and oxygen atoms in total. The first-order valence-electron chi connectivity index (χ1n) is 10.9. The van der Waals surface area contributed by atoms with Gasteiger partial charge in [-0.15, -0.1) is 24.0 Å². The number of benzene rings is 1. The van der Waals surface area contributed by atoms with Crippen LogP contribution in [0, 0.1) is 5.41 Å². The highest BCUT2D eigenvalue weighted by Gasteiger charge is 2.42. The van der Waals surface area contributed by atoms with Crippen LogP contribution in [0.15, 0.2) is 29.3 Å². The van der Waals surface area contributed by atoms with Crippen LogP contribution in [0.1, 0.15) is 43.7 Å². The Labute approximate surface area is 204 Å². The molecule has 1 aromatic carbocycles. The Morgan fingerprint density at radius 3 is 2.45 bits per heavy atom. The molecule has 176 valence electrons. The SMILES string of the molecule is CCOCCOCc1cccc(CNC(=NC)NCC2(C(=O)N(C)C)CCCC2)c1.I. The summed E-state index contributed by atoms with van der Waals surface area (Å²) in [6.45, 7) is 5.75. The van der Waals surface area contributed by atoms with E-state index in [9.17, 15) is 4.79 Å². The number of rotatable bonds is 11. The maximum Gasteiger partial charge on any atom is 0.230 e. The minimum absolute atomic E-state index is 0. The molecule has 0 saturated heterocycles. The molecular weight excluding hydrogens is 507 g/mol. The number of carbonyl (C=O) groups is 1. The van der Waals surface area contributed by atoms with Gasteiger partial charge in [-0.3, -0.25) is 9.79 Å². The summed E-state index contributed by atoms with van der Waals surface area (Å²) in [6, 6.07) is 8.32. The highest BCUT2D eigenvalue weighted by molar-refractivity contribution is 14.0. The van der Waals surface area contributed by atoms with Gasteiger partial charge in [-0.05, 0) is 30.9 Å². The maximum atomic E-state index is 12.7. The smallest absolute Gasteiger partial charge is 0.230 e. The lowest BCUT2D eigenvalue weighted by Crippen LogP contribution is -2.49. The van der Waals surface area contributed by atoms with Crippen molar-refractivity contribution in [2.24, 2.45) is 10.4 Å². The maximum absolute atomic E-state index is 12.7. The number of halogens is 1. The Kier molecular flexibility index (Phi) is 13.0. The first kappa shape index (κ1) is 27.6. The van der Waals surface area contributed by atoms with Crippen LogP contribution in [0.5, 0.6) is 0 Å². The Hall–Kier alpha value is -1.39. The summed E-state index contributed by atoms with van der Waals surface area (Å²) < 4.78 is 10.9. The fourth-order valence-electron chi connectivity index (χ4n) is 3.93. The summed E-state index contributed by atoms with van der Waals surface area (Å²) in [5.74, 6) is 0.922. The molecule has 1 aliphatic rings. The fraction of sp³-hybridized carbons (Fsp3) is 0.652. The molecule has 0 bridgehead atoms. The first-order chi connectivity index (χ1) is 14.5. The predicted molar refractivity (Wildman–Crippen MR) is 136 cm³/mol. The molecule has 1 fully saturated rings. The van der Waals surface area contributed by atoms with Crippen molar-refractivity contribution in [2.45, 2.75) is 45.8 Å². The highest BCUT2D eigenvalue weighted by atomic mass is 127. The molecule has 1 saturated carbocycles. The van der Waals surface area contributed by atoms with Crippen molar-refractivity contribution in [1.82, 2.24) is 15.5 Å². The minimum Gasteiger partial charge on any atom is -0.379 e. The number of aliphatic imine (C=N–C) groups is 1. The van der Waals surface area contributed by atoms with Crippen LogP contribution in [0.3, 0.4) is 0 Å². The summed E-state index contributed by atoms with van der Waals surface area (Å²) in [7, 11) is 5.43. The average Bonchev–Trinajstić information content (AvgIpc) is 3.23. The molecule has 0 spiro atoms. The van der Waals surface area contributed by atoms with E-state index in [4.69, 9.17) is 9.47 Å². The van der Waals surface area contributed by atoms with Gasteiger partial charge >= 0.3 is 0 Å². The number of nitrogens with zero attached hydrogens (tertiary/aromatic N) is 2. The number of hydrogen-bond donors (Lipinski definition) is 2. The zero-order valence-electron chi connectivity index (χ0n) is 19.4. The number of ether oxygens (including phenoxy) is 2. The summed E-state index contributed by atoms with van der Waals surface area (Å²) in [5, 5.41) is 6.74. The molecular formula is C23H39IN4O3. The summed E-state index contributed by atoms with van der Waals surface area (Å²) in [4.78, 5) is 18.8. The van der Waals surface area contributed by atoms with Crippen LogP contribution in [0.2, 0.25) is 0 Å². The lowest BCUT2D eigenvalue weighted by Gasteiger charge is -2.31. The molecule has 0 unspecified atom stereocenters. The van der Waals surface area contributed by atoms with E-state index < -0.39 is 0 Å². The third-order valence-corrected chi connectivity index (χ3v) is 5.53. The Morgan fingerprint density at radius 2 is 1.81 bits per heavy atom. The van der Waals surface area contributed by atoms with Gasteiger partial charge in [0.2, 0.25) is 5.91 Å². The van der Waals surface area contributed by atoms with E-state index in [1.165, 1.54) is 0 Å². The van der Waals surface area contributed by atoms with Gasteiger partial charge in [0, 0.05) is 40.8 Å². The van der Waals surface area contributed by atoms with Crippen molar-refractivity contribution in [3.05, 3.63) is 35.4 Å². The molecule has 0 heterocycles. The van der Waals surface area contributed by atoms with Crippen molar-refractivity contribution >= 4 is 35.8 Å². The first-order valence-corrected chi connectivity index (χ1v) is 10.9. The van der Waals surface area contributed by atoms with Crippen LogP contribution in [0.25, 0.3) is 0 Å². The number of guanidine groups is 1. The molecule has 1 aliphatic carbocycles. The number of amides is 1. The third kappa shape index (κ3) is 8.94. The predicted octanol–water partition coefficient (Wildman–Crippen LogP) is 3.17. The van der Waals surface area contributed by atoms with E-state index in [1.807, 2.05) is 27.1 Å². The standard InChI is InChI=1S/C23H38N4O3.HI/c1-5-29-13-14-30-17-20-10-8-9-19(15-20)16-25-22(24-2)26-18-23(11-6-7-12-23)21(28)27(3)4;/h8-10,15H,5-7,11-14,16-18H2,1-4H3,(H2,24,25,26);1H. The van der Waals surface area contributed by atoms with E-state index in [0.29, 0.717) is 45.5 Å². The van der Waals surface area contributed by atoms with Gasteiger partial charge in [0.05, 0.1) is 25.2 Å². The van der Waals surface area contributed by atoms with Crippen molar-refractivity contribution in [3.8, 4) is 0 Å². The lowest BCUT2D eigenvalue weighted by molar-refractivity contribution is -0.138. The quantitative estimate of drug-likeness (QED) is 0.193. The molecule has 8 heteroatoms. The minimum atomic E-state index is -0.320. The number of nitrogens with one attached hydrogen (secondary N) is 2.